The van der Waals surface area contributed by atoms with Gasteiger partial charge in [0.15, 0.2) is 17.5 Å². The lowest BCUT2D eigenvalue weighted by atomic mass is 10.0. The second-order valence-electron chi connectivity index (χ2n) is 8.38. The van der Waals surface area contributed by atoms with Crippen molar-refractivity contribution < 1.29 is 0 Å². The quantitative estimate of drug-likeness (QED) is 0.246. The van der Waals surface area contributed by atoms with Crippen LogP contribution in [0.1, 0.15) is 0 Å². The number of aromatic nitrogens is 3. The Morgan fingerprint density at radius 3 is 1.19 bits per heavy atom. The van der Waals surface area contributed by atoms with Crippen molar-refractivity contribution in [2.24, 2.45) is 0 Å². The first-order valence-corrected chi connectivity index (χ1v) is 11.9. The zero-order valence-electron chi connectivity index (χ0n) is 20.6. The predicted molar refractivity (Wildman–Crippen MR) is 150 cm³/mol. The smallest absolute Gasteiger partial charge is 0.164 e. The molecule has 5 rings (SSSR count). The van der Waals surface area contributed by atoms with E-state index in [1.54, 1.807) is 0 Å². The Hall–Kier alpha value is -4.71. The van der Waals surface area contributed by atoms with E-state index >= 15 is 0 Å². The minimum atomic E-state index is 0.632. The molecule has 0 amide bonds. The summed E-state index contributed by atoms with van der Waals surface area (Å²) in [7, 11) is 5.73. The molecule has 5 aromatic rings. The lowest BCUT2D eigenvalue weighted by Crippen LogP contribution is -2.01. The van der Waals surface area contributed by atoms with Crippen LogP contribution in [0, 0.1) is 0 Å². The molecule has 0 bridgehead atoms. The minimum absolute atomic E-state index is 0.632. The van der Waals surface area contributed by atoms with Gasteiger partial charge in [-0.05, 0) is 47.5 Å². The van der Waals surface area contributed by atoms with E-state index in [1.165, 1.54) is 0 Å². The van der Waals surface area contributed by atoms with Crippen molar-refractivity contribution in [3.8, 4) is 45.3 Å². The summed E-state index contributed by atoms with van der Waals surface area (Å²) in [5, 5.41) is 9.58. The molecule has 0 unspecified atom stereocenters. The maximum absolute atomic E-state index is 4.87. The summed E-state index contributed by atoms with van der Waals surface area (Å²) >= 11 is 0. The second kappa shape index (κ2) is 10.3. The van der Waals surface area contributed by atoms with Crippen LogP contribution in [0.3, 0.4) is 0 Å². The van der Waals surface area contributed by atoms with Crippen LogP contribution in [0.2, 0.25) is 0 Å². The normalized spacial score (nSPS) is 10.6. The highest BCUT2D eigenvalue weighted by atomic mass is 15.0. The summed E-state index contributed by atoms with van der Waals surface area (Å²) in [5.41, 5.74) is 8.16. The molecule has 0 aliphatic rings. The average Bonchev–Trinajstić information content (AvgIpc) is 2.97. The first kappa shape index (κ1) is 23.1. The van der Waals surface area contributed by atoms with Gasteiger partial charge in [0.05, 0.1) is 0 Å². The number of hydrogen-bond acceptors (Lipinski definition) is 6. The maximum atomic E-state index is 4.87. The van der Waals surface area contributed by atoms with Crippen LogP contribution in [-0.2, 0) is 0 Å². The second-order valence-corrected chi connectivity index (χ2v) is 8.38. The molecule has 1 aromatic heterocycles. The van der Waals surface area contributed by atoms with Crippen molar-refractivity contribution in [1.82, 2.24) is 15.0 Å². The van der Waals surface area contributed by atoms with Crippen molar-refractivity contribution in [3.05, 3.63) is 97.1 Å². The summed E-state index contributed by atoms with van der Waals surface area (Å²) in [6.07, 6.45) is 0. The number of benzene rings is 4. The molecule has 6 heteroatoms. The van der Waals surface area contributed by atoms with Crippen molar-refractivity contribution in [2.45, 2.75) is 0 Å². The van der Waals surface area contributed by atoms with E-state index in [0.717, 1.165) is 44.9 Å². The van der Waals surface area contributed by atoms with E-state index < -0.39 is 0 Å². The molecular formula is C30H28N6. The van der Waals surface area contributed by atoms with E-state index in [1.807, 2.05) is 69.7 Å². The molecule has 0 spiro atoms. The third-order valence-electron chi connectivity index (χ3n) is 6.08. The third kappa shape index (κ3) is 4.88. The van der Waals surface area contributed by atoms with Crippen LogP contribution in [0.15, 0.2) is 97.1 Å². The van der Waals surface area contributed by atoms with Crippen LogP contribution >= 0.6 is 0 Å². The zero-order chi connectivity index (χ0) is 24.9. The van der Waals surface area contributed by atoms with Gasteiger partial charge in [0, 0.05) is 54.9 Å². The van der Waals surface area contributed by atoms with Gasteiger partial charge in [-0.25, -0.2) is 15.0 Å². The topological polar surface area (TPSA) is 74.8 Å². The number of nitrogens with one attached hydrogen (secondary N) is 3. The van der Waals surface area contributed by atoms with E-state index in [4.69, 9.17) is 15.0 Å². The van der Waals surface area contributed by atoms with Gasteiger partial charge in [-0.3, -0.25) is 0 Å². The minimum Gasteiger partial charge on any atom is -0.388 e. The molecule has 36 heavy (non-hydrogen) atoms. The molecule has 6 nitrogen and oxygen atoms in total. The lowest BCUT2D eigenvalue weighted by molar-refractivity contribution is 1.07. The molecule has 1 heterocycles. The first-order chi connectivity index (χ1) is 17.7. The molecule has 0 atom stereocenters. The fraction of sp³-hybridized carbons (Fsp3) is 0.100. The molecule has 0 aliphatic heterocycles. The Kier molecular flexibility index (Phi) is 6.58. The van der Waals surface area contributed by atoms with Gasteiger partial charge >= 0.3 is 0 Å². The van der Waals surface area contributed by atoms with Gasteiger partial charge in [-0.1, -0.05) is 60.7 Å². The molecular weight excluding hydrogens is 444 g/mol. The standard InChI is InChI=1S/C30H28N6/c1-31-25-10-4-7-22(17-25)20-13-15-21(16-14-20)28-34-29(23-8-5-11-26(18-23)32-2)36-30(35-28)24-9-6-12-27(19-24)33-3/h4-19,31-33H,1-3H3. The molecule has 0 saturated heterocycles. The number of hydrogen-bond donors (Lipinski definition) is 3. The predicted octanol–water partition coefficient (Wildman–Crippen LogP) is 6.66. The zero-order valence-corrected chi connectivity index (χ0v) is 20.6. The van der Waals surface area contributed by atoms with Gasteiger partial charge in [-0.15, -0.1) is 0 Å². The molecule has 178 valence electrons. The highest BCUT2D eigenvalue weighted by molar-refractivity contribution is 5.73. The highest BCUT2D eigenvalue weighted by Gasteiger charge is 2.13. The van der Waals surface area contributed by atoms with E-state index in [9.17, 15) is 0 Å². The van der Waals surface area contributed by atoms with Crippen LogP contribution in [-0.4, -0.2) is 36.1 Å². The lowest BCUT2D eigenvalue weighted by Gasteiger charge is -2.11. The Labute approximate surface area is 211 Å². The van der Waals surface area contributed by atoms with Gasteiger partial charge in [-0.2, -0.15) is 0 Å². The summed E-state index contributed by atoms with van der Waals surface area (Å²) in [6, 6.07) is 32.9. The number of nitrogens with zero attached hydrogens (tertiary/aromatic N) is 3. The SMILES string of the molecule is CNc1cccc(-c2ccc(-c3nc(-c4cccc(NC)c4)nc(-c4cccc(NC)c4)n3)cc2)c1. The first-order valence-electron chi connectivity index (χ1n) is 11.9. The molecule has 0 fully saturated rings. The summed E-state index contributed by atoms with van der Waals surface area (Å²) in [5.74, 6) is 1.90. The highest BCUT2D eigenvalue weighted by Crippen LogP contribution is 2.29. The molecule has 4 aromatic carbocycles. The largest absolute Gasteiger partial charge is 0.388 e. The average molecular weight is 473 g/mol. The molecule has 0 aliphatic carbocycles. The summed E-state index contributed by atoms with van der Waals surface area (Å²) in [6.45, 7) is 0. The maximum Gasteiger partial charge on any atom is 0.164 e. The van der Waals surface area contributed by atoms with Crippen molar-refractivity contribution >= 4 is 17.1 Å². The van der Waals surface area contributed by atoms with Gasteiger partial charge in [0.2, 0.25) is 0 Å². The number of anilines is 3. The Morgan fingerprint density at radius 1 is 0.389 bits per heavy atom. The van der Waals surface area contributed by atoms with Crippen LogP contribution in [0.4, 0.5) is 17.1 Å². The van der Waals surface area contributed by atoms with Crippen molar-refractivity contribution in [2.75, 3.05) is 37.1 Å². The van der Waals surface area contributed by atoms with Crippen molar-refractivity contribution in [3.63, 3.8) is 0 Å². The van der Waals surface area contributed by atoms with Crippen LogP contribution in [0.5, 0.6) is 0 Å². The van der Waals surface area contributed by atoms with Crippen molar-refractivity contribution in [1.29, 1.82) is 0 Å². The Morgan fingerprint density at radius 2 is 0.750 bits per heavy atom. The summed E-state index contributed by atoms with van der Waals surface area (Å²) < 4.78 is 0. The van der Waals surface area contributed by atoms with E-state index in [0.29, 0.717) is 17.5 Å². The van der Waals surface area contributed by atoms with Crippen LogP contribution in [0.25, 0.3) is 45.3 Å². The fourth-order valence-corrected chi connectivity index (χ4v) is 4.06. The van der Waals surface area contributed by atoms with Gasteiger partial charge in [0.1, 0.15) is 0 Å². The molecule has 0 radical (unpaired) electrons. The van der Waals surface area contributed by atoms with Gasteiger partial charge in [0.25, 0.3) is 0 Å². The van der Waals surface area contributed by atoms with E-state index in [2.05, 4.69) is 64.5 Å². The fourth-order valence-electron chi connectivity index (χ4n) is 4.06. The summed E-state index contributed by atoms with van der Waals surface area (Å²) in [4.78, 5) is 14.6. The Bertz CT molecular complexity index is 1430. The van der Waals surface area contributed by atoms with E-state index in [-0.39, 0.29) is 0 Å². The molecule has 3 N–H and O–H groups in total. The van der Waals surface area contributed by atoms with Crippen LogP contribution < -0.4 is 16.0 Å². The van der Waals surface area contributed by atoms with Gasteiger partial charge < -0.3 is 16.0 Å². The monoisotopic (exact) mass is 472 g/mol. The third-order valence-corrected chi connectivity index (χ3v) is 6.08. The Balaban J connectivity index is 1.60. The molecule has 0 saturated carbocycles. The number of rotatable bonds is 7.